The second-order valence-electron chi connectivity index (χ2n) is 18.0. The predicted octanol–water partition coefficient (Wildman–Crippen LogP) is 16.2. The van der Waals surface area contributed by atoms with Crippen molar-refractivity contribution in [1.82, 2.24) is 0 Å². The van der Waals surface area contributed by atoms with Crippen molar-refractivity contribution in [3.8, 4) is 34.5 Å². The molecule has 0 aliphatic rings. The molecule has 0 radical (unpaired) electrons. The van der Waals surface area contributed by atoms with Gasteiger partial charge >= 0.3 is 17.9 Å². The number of phenolic OH excluding ortho intramolecular Hbond substituents is 1. The van der Waals surface area contributed by atoms with Crippen molar-refractivity contribution in [2.45, 2.75) is 155 Å². The molecule has 0 heterocycles. The van der Waals surface area contributed by atoms with E-state index in [1.807, 2.05) is 0 Å². The molecule has 10 nitrogen and oxygen atoms in total. The lowest BCUT2D eigenvalue weighted by molar-refractivity contribution is 0.0723. The molecule has 0 fully saturated rings. The molecule has 5 aromatic carbocycles. The van der Waals surface area contributed by atoms with Crippen molar-refractivity contribution in [2.75, 3.05) is 13.2 Å². The van der Waals surface area contributed by atoms with Crippen molar-refractivity contribution in [3.05, 3.63) is 138 Å². The van der Waals surface area contributed by atoms with Gasteiger partial charge < -0.3 is 28.8 Å². The van der Waals surface area contributed by atoms with Crippen LogP contribution in [0.3, 0.4) is 0 Å². The normalized spacial score (nSPS) is 11.1. The second kappa shape index (κ2) is 32.4. The van der Waals surface area contributed by atoms with Gasteiger partial charge in [-0.1, -0.05) is 148 Å². The summed E-state index contributed by atoms with van der Waals surface area (Å²) in [5.74, 6) is 0.310. The zero-order valence-corrected chi connectivity index (χ0v) is 41.7. The summed E-state index contributed by atoms with van der Waals surface area (Å²) in [6, 6.07) is 31.0. The van der Waals surface area contributed by atoms with E-state index in [9.17, 15) is 19.5 Å². The molecule has 5 aromatic rings. The molecule has 0 unspecified atom stereocenters. The van der Waals surface area contributed by atoms with Crippen LogP contribution in [0.5, 0.6) is 34.5 Å². The van der Waals surface area contributed by atoms with Crippen LogP contribution >= 0.6 is 0 Å². The maximum Gasteiger partial charge on any atom is 0.343 e. The number of ether oxygens (including phenoxy) is 5. The molecule has 5 rings (SSSR count). The van der Waals surface area contributed by atoms with Crippen LogP contribution in [-0.4, -0.2) is 42.4 Å². The standard InChI is InChI=1S/C60H75NO9/c1-3-5-7-9-11-13-15-16-18-20-22-24-43-67-53-37-30-48(31-38-53)60(65)70-56-41-34-50(57(62)45-56)46-61-51-26-25-27-55(44-51)69-59(64)49-32-39-54(40-33-49)68-58(63)47-28-35-52(36-29-47)66-42-23-21-19-17-14-12-10-8-6-4-2/h25-41,44-46,62H,3-24,42-43H2,1-2H3. The summed E-state index contributed by atoms with van der Waals surface area (Å²) in [5, 5.41) is 10.7. The van der Waals surface area contributed by atoms with E-state index in [4.69, 9.17) is 23.7 Å². The number of esters is 3. The van der Waals surface area contributed by atoms with Crippen LogP contribution < -0.4 is 23.7 Å². The largest absolute Gasteiger partial charge is 0.507 e. The average Bonchev–Trinajstić information content (AvgIpc) is 3.37. The highest BCUT2D eigenvalue weighted by atomic mass is 16.5. The monoisotopic (exact) mass is 954 g/mol. The van der Waals surface area contributed by atoms with E-state index >= 15 is 0 Å². The van der Waals surface area contributed by atoms with Crippen molar-refractivity contribution in [3.63, 3.8) is 0 Å². The van der Waals surface area contributed by atoms with Gasteiger partial charge in [0.05, 0.1) is 35.6 Å². The molecule has 0 aliphatic heterocycles. The number of hydrogen-bond donors (Lipinski definition) is 1. The lowest BCUT2D eigenvalue weighted by atomic mass is 10.1. The Kier molecular flexibility index (Phi) is 25.2. The molecule has 0 atom stereocenters. The van der Waals surface area contributed by atoms with Crippen molar-refractivity contribution in [1.29, 1.82) is 0 Å². The van der Waals surface area contributed by atoms with Gasteiger partial charge in [0.2, 0.25) is 0 Å². The quantitative estimate of drug-likeness (QED) is 0.0185. The number of unbranched alkanes of at least 4 members (excludes halogenated alkanes) is 20. The molecular weight excluding hydrogens is 879 g/mol. The highest BCUT2D eigenvalue weighted by molar-refractivity contribution is 5.93. The number of hydrogen-bond acceptors (Lipinski definition) is 10. The number of carbonyl (C=O) groups is 3. The van der Waals surface area contributed by atoms with Crippen LogP contribution in [0.4, 0.5) is 5.69 Å². The van der Waals surface area contributed by atoms with Gasteiger partial charge in [0.15, 0.2) is 0 Å². The predicted molar refractivity (Wildman–Crippen MR) is 280 cm³/mol. The minimum atomic E-state index is -0.607. The highest BCUT2D eigenvalue weighted by Gasteiger charge is 2.14. The topological polar surface area (TPSA) is 130 Å². The van der Waals surface area contributed by atoms with Crippen LogP contribution in [0.1, 0.15) is 192 Å². The van der Waals surface area contributed by atoms with Crippen molar-refractivity contribution >= 4 is 29.8 Å². The third-order valence-corrected chi connectivity index (χ3v) is 12.1. The molecule has 0 saturated carbocycles. The molecule has 0 saturated heterocycles. The summed E-state index contributed by atoms with van der Waals surface area (Å²) in [4.78, 5) is 43.1. The van der Waals surface area contributed by atoms with E-state index in [2.05, 4.69) is 18.8 Å². The van der Waals surface area contributed by atoms with E-state index < -0.39 is 17.9 Å². The van der Waals surface area contributed by atoms with E-state index in [1.165, 1.54) is 152 Å². The fraction of sp³-hybridized carbons (Fsp3) is 0.433. The number of phenols is 1. The van der Waals surface area contributed by atoms with Gasteiger partial charge in [-0.15, -0.1) is 0 Å². The minimum Gasteiger partial charge on any atom is -0.507 e. The van der Waals surface area contributed by atoms with Crippen LogP contribution in [0, 0.1) is 0 Å². The maximum absolute atomic E-state index is 13.0. The Labute approximate surface area is 416 Å². The number of aliphatic imine (C=N–C) groups is 1. The molecule has 0 amide bonds. The number of rotatable bonds is 34. The van der Waals surface area contributed by atoms with Gasteiger partial charge in [0.25, 0.3) is 0 Å². The Balaban J connectivity index is 0.976. The Morgan fingerprint density at radius 2 is 0.771 bits per heavy atom. The van der Waals surface area contributed by atoms with E-state index in [0.29, 0.717) is 47.1 Å². The van der Waals surface area contributed by atoms with Gasteiger partial charge in [-0.3, -0.25) is 4.99 Å². The van der Waals surface area contributed by atoms with Crippen LogP contribution in [0.15, 0.2) is 120 Å². The fourth-order valence-corrected chi connectivity index (χ4v) is 7.91. The SMILES string of the molecule is CCCCCCCCCCCCCCOc1ccc(C(=O)Oc2ccc(C=Nc3cccc(OC(=O)c4ccc(OC(=O)c5ccc(OCCCCCCCCCCCC)cc5)cc4)c3)c(O)c2)cc1. The molecule has 374 valence electrons. The molecule has 0 spiro atoms. The first-order valence-corrected chi connectivity index (χ1v) is 26.0. The summed E-state index contributed by atoms with van der Waals surface area (Å²) < 4.78 is 28.4. The van der Waals surface area contributed by atoms with Crippen molar-refractivity contribution < 1.29 is 43.2 Å². The summed E-state index contributed by atoms with van der Waals surface area (Å²) >= 11 is 0. The van der Waals surface area contributed by atoms with Crippen LogP contribution in [0.25, 0.3) is 0 Å². The third-order valence-electron chi connectivity index (χ3n) is 12.1. The summed E-state index contributed by atoms with van der Waals surface area (Å²) in [6.45, 7) is 5.79. The minimum absolute atomic E-state index is 0.134. The fourth-order valence-electron chi connectivity index (χ4n) is 7.91. The average molecular weight is 954 g/mol. The number of aromatic hydroxyl groups is 1. The van der Waals surface area contributed by atoms with Gasteiger partial charge in [-0.2, -0.15) is 0 Å². The van der Waals surface area contributed by atoms with E-state index in [1.54, 1.807) is 84.9 Å². The Hall–Kier alpha value is -6.42. The van der Waals surface area contributed by atoms with E-state index in [-0.39, 0.29) is 28.6 Å². The first kappa shape index (κ1) is 54.5. The second-order valence-corrected chi connectivity index (χ2v) is 18.0. The molecule has 0 aliphatic carbocycles. The van der Waals surface area contributed by atoms with Crippen molar-refractivity contribution in [2.24, 2.45) is 4.99 Å². The lowest BCUT2D eigenvalue weighted by Gasteiger charge is -2.09. The van der Waals surface area contributed by atoms with Crippen LogP contribution in [-0.2, 0) is 0 Å². The zero-order chi connectivity index (χ0) is 49.4. The first-order chi connectivity index (χ1) is 34.3. The Morgan fingerprint density at radius 1 is 0.414 bits per heavy atom. The Bertz CT molecular complexity index is 2300. The summed E-state index contributed by atoms with van der Waals surface area (Å²) in [7, 11) is 0. The molecule has 10 heteroatoms. The summed E-state index contributed by atoms with van der Waals surface area (Å²) in [6.07, 6.45) is 29.6. The van der Waals surface area contributed by atoms with E-state index in [0.717, 1.165) is 25.7 Å². The van der Waals surface area contributed by atoms with Gasteiger partial charge in [0, 0.05) is 23.9 Å². The van der Waals surface area contributed by atoms with Gasteiger partial charge in [-0.05, 0) is 110 Å². The molecule has 70 heavy (non-hydrogen) atoms. The number of nitrogens with zero attached hydrogens (tertiary/aromatic N) is 1. The highest BCUT2D eigenvalue weighted by Crippen LogP contribution is 2.27. The van der Waals surface area contributed by atoms with Gasteiger partial charge in [-0.25, -0.2) is 14.4 Å². The Morgan fingerprint density at radius 3 is 1.19 bits per heavy atom. The zero-order valence-electron chi connectivity index (χ0n) is 41.7. The maximum atomic E-state index is 13.0. The third kappa shape index (κ3) is 21.1. The van der Waals surface area contributed by atoms with Gasteiger partial charge in [0.1, 0.15) is 34.5 Å². The molecule has 1 N–H and O–H groups in total. The van der Waals surface area contributed by atoms with Crippen LogP contribution in [0.2, 0.25) is 0 Å². The number of carbonyl (C=O) groups excluding carboxylic acids is 3. The number of benzene rings is 5. The smallest absolute Gasteiger partial charge is 0.343 e. The first-order valence-electron chi connectivity index (χ1n) is 26.0. The molecular formula is C60H75NO9. The molecule has 0 aromatic heterocycles. The summed E-state index contributed by atoms with van der Waals surface area (Å²) in [5.41, 5.74) is 1.86. The lowest BCUT2D eigenvalue weighted by Crippen LogP contribution is -2.10. The molecule has 0 bridgehead atoms.